The number of hydrogen-bond donors (Lipinski definition) is 2. The molecule has 1 atom stereocenters. The lowest BCUT2D eigenvalue weighted by molar-refractivity contribution is -0.142. The van der Waals surface area contributed by atoms with Crippen LogP contribution in [0.5, 0.6) is 0 Å². The fourth-order valence-corrected chi connectivity index (χ4v) is 1.51. The van der Waals surface area contributed by atoms with Gasteiger partial charge in [0.05, 0.1) is 19.8 Å². The molecule has 0 saturated carbocycles. The first kappa shape index (κ1) is 12.5. The maximum atomic E-state index is 11.8. The predicted molar refractivity (Wildman–Crippen MR) is 60.4 cm³/mol. The van der Waals surface area contributed by atoms with Gasteiger partial charge < -0.3 is 19.9 Å². The Balaban J connectivity index is 2.08. The third-order valence-electron chi connectivity index (χ3n) is 2.39. The van der Waals surface area contributed by atoms with Crippen molar-refractivity contribution >= 4 is 17.7 Å². The number of nitrogens with one attached hydrogen (secondary N) is 1. The minimum atomic E-state index is -1.15. The second-order valence-corrected chi connectivity index (χ2v) is 3.63. The standard InChI is InChI=1S/C11H12N2O5/c14-10(8-6-17-4-5-18-8)13-9-7(11(15)16)2-1-3-12-9/h1-3,8H,4-6H2,(H,15,16)(H,12,13,14). The fourth-order valence-electron chi connectivity index (χ4n) is 1.51. The van der Waals surface area contributed by atoms with Gasteiger partial charge in [0.15, 0.2) is 6.10 Å². The minimum absolute atomic E-state index is 0.00386. The maximum Gasteiger partial charge on any atom is 0.339 e. The van der Waals surface area contributed by atoms with E-state index in [-0.39, 0.29) is 18.0 Å². The van der Waals surface area contributed by atoms with Gasteiger partial charge in [-0.25, -0.2) is 9.78 Å². The van der Waals surface area contributed by atoms with Crippen molar-refractivity contribution < 1.29 is 24.2 Å². The van der Waals surface area contributed by atoms with Gasteiger partial charge in [0.25, 0.3) is 5.91 Å². The van der Waals surface area contributed by atoms with Crippen LogP contribution in [0.15, 0.2) is 18.3 Å². The Morgan fingerprint density at radius 1 is 1.44 bits per heavy atom. The summed E-state index contributed by atoms with van der Waals surface area (Å²) in [6.45, 7) is 0.945. The smallest absolute Gasteiger partial charge is 0.339 e. The summed E-state index contributed by atoms with van der Waals surface area (Å²) in [5.74, 6) is -1.61. The van der Waals surface area contributed by atoms with E-state index in [4.69, 9.17) is 14.6 Å². The molecule has 1 unspecified atom stereocenters. The molecule has 0 radical (unpaired) electrons. The lowest BCUT2D eigenvalue weighted by atomic mass is 10.2. The number of rotatable bonds is 3. The molecule has 1 saturated heterocycles. The number of carboxylic acids is 1. The summed E-state index contributed by atoms with van der Waals surface area (Å²) in [6, 6.07) is 2.85. The highest BCUT2D eigenvalue weighted by Gasteiger charge is 2.24. The first-order valence-electron chi connectivity index (χ1n) is 5.37. The summed E-state index contributed by atoms with van der Waals surface area (Å²) >= 11 is 0. The molecule has 0 bridgehead atoms. The van der Waals surface area contributed by atoms with Crippen LogP contribution in [-0.2, 0) is 14.3 Å². The highest BCUT2D eigenvalue weighted by atomic mass is 16.6. The van der Waals surface area contributed by atoms with Gasteiger partial charge >= 0.3 is 5.97 Å². The first-order valence-corrected chi connectivity index (χ1v) is 5.37. The van der Waals surface area contributed by atoms with Gasteiger partial charge in [-0.15, -0.1) is 0 Å². The second-order valence-electron chi connectivity index (χ2n) is 3.63. The zero-order valence-electron chi connectivity index (χ0n) is 9.46. The van der Waals surface area contributed by atoms with Gasteiger partial charge in [-0.05, 0) is 12.1 Å². The number of aromatic nitrogens is 1. The molecule has 0 aliphatic carbocycles. The molecule has 1 aliphatic rings. The van der Waals surface area contributed by atoms with Gasteiger partial charge in [0.1, 0.15) is 11.4 Å². The van der Waals surface area contributed by atoms with Crippen LogP contribution in [0.4, 0.5) is 5.82 Å². The molecular formula is C11H12N2O5. The van der Waals surface area contributed by atoms with Gasteiger partial charge in [0.2, 0.25) is 0 Å². The summed E-state index contributed by atoms with van der Waals surface area (Å²) in [5, 5.41) is 11.4. The molecule has 0 spiro atoms. The molecule has 96 valence electrons. The summed E-state index contributed by atoms with van der Waals surface area (Å²) in [4.78, 5) is 26.6. The number of amides is 1. The van der Waals surface area contributed by atoms with Gasteiger partial charge in [0, 0.05) is 6.20 Å². The van der Waals surface area contributed by atoms with Crippen LogP contribution in [0.2, 0.25) is 0 Å². The third-order valence-corrected chi connectivity index (χ3v) is 2.39. The van der Waals surface area contributed by atoms with E-state index in [1.54, 1.807) is 0 Å². The van der Waals surface area contributed by atoms with E-state index in [1.165, 1.54) is 18.3 Å². The summed E-state index contributed by atoms with van der Waals surface area (Å²) in [5.41, 5.74) is -0.0671. The molecule has 1 amide bonds. The lowest BCUT2D eigenvalue weighted by Crippen LogP contribution is -2.39. The maximum absolute atomic E-state index is 11.8. The van der Waals surface area contributed by atoms with Crippen molar-refractivity contribution in [3.63, 3.8) is 0 Å². The van der Waals surface area contributed by atoms with E-state index < -0.39 is 18.0 Å². The van der Waals surface area contributed by atoms with Crippen LogP contribution < -0.4 is 5.32 Å². The normalized spacial score (nSPS) is 19.2. The Hall–Kier alpha value is -1.99. The molecule has 7 nitrogen and oxygen atoms in total. The molecule has 7 heteroatoms. The minimum Gasteiger partial charge on any atom is -0.478 e. The molecule has 2 rings (SSSR count). The Kier molecular flexibility index (Phi) is 3.85. The Bertz CT molecular complexity index is 457. The largest absolute Gasteiger partial charge is 0.478 e. The average Bonchev–Trinajstić information content (AvgIpc) is 2.40. The van der Waals surface area contributed by atoms with E-state index in [2.05, 4.69) is 10.3 Å². The molecule has 2 heterocycles. The summed E-state index contributed by atoms with van der Waals surface area (Å²) in [7, 11) is 0. The molecular weight excluding hydrogens is 240 g/mol. The van der Waals surface area contributed by atoms with Crippen LogP contribution in [0.25, 0.3) is 0 Å². The number of carbonyl (C=O) groups is 2. The zero-order chi connectivity index (χ0) is 13.0. The van der Waals surface area contributed by atoms with E-state index in [0.29, 0.717) is 13.2 Å². The van der Waals surface area contributed by atoms with E-state index in [9.17, 15) is 9.59 Å². The first-order chi connectivity index (χ1) is 8.68. The quantitative estimate of drug-likeness (QED) is 0.793. The zero-order valence-corrected chi connectivity index (χ0v) is 9.46. The van der Waals surface area contributed by atoms with Crippen molar-refractivity contribution in [1.29, 1.82) is 0 Å². The van der Waals surface area contributed by atoms with Gasteiger partial charge in [-0.2, -0.15) is 0 Å². The van der Waals surface area contributed by atoms with Crippen LogP contribution in [0, 0.1) is 0 Å². The Morgan fingerprint density at radius 2 is 2.28 bits per heavy atom. The van der Waals surface area contributed by atoms with E-state index in [1.807, 2.05) is 0 Å². The summed E-state index contributed by atoms with van der Waals surface area (Å²) in [6.07, 6.45) is 0.669. The Morgan fingerprint density at radius 3 is 2.94 bits per heavy atom. The number of hydrogen-bond acceptors (Lipinski definition) is 5. The van der Waals surface area contributed by atoms with Gasteiger partial charge in [-0.3, -0.25) is 4.79 Å². The fraction of sp³-hybridized carbons (Fsp3) is 0.364. The number of pyridine rings is 1. The number of anilines is 1. The van der Waals surface area contributed by atoms with Crippen molar-refractivity contribution in [2.75, 3.05) is 25.1 Å². The number of nitrogens with zero attached hydrogens (tertiary/aromatic N) is 1. The molecule has 1 aromatic heterocycles. The van der Waals surface area contributed by atoms with Crippen molar-refractivity contribution in [3.8, 4) is 0 Å². The van der Waals surface area contributed by atoms with Crippen molar-refractivity contribution in [2.24, 2.45) is 0 Å². The van der Waals surface area contributed by atoms with Crippen molar-refractivity contribution in [2.45, 2.75) is 6.10 Å². The van der Waals surface area contributed by atoms with Gasteiger partial charge in [-0.1, -0.05) is 0 Å². The predicted octanol–water partition coefficient (Wildman–Crippen LogP) is 0.134. The van der Waals surface area contributed by atoms with Crippen LogP contribution >= 0.6 is 0 Å². The van der Waals surface area contributed by atoms with E-state index in [0.717, 1.165) is 0 Å². The van der Waals surface area contributed by atoms with Crippen LogP contribution in [0.3, 0.4) is 0 Å². The lowest BCUT2D eigenvalue weighted by Gasteiger charge is -2.22. The number of aromatic carboxylic acids is 1. The number of carboxylic acid groups (broad SMARTS) is 1. The van der Waals surface area contributed by atoms with Crippen LogP contribution in [0.1, 0.15) is 10.4 Å². The molecule has 1 fully saturated rings. The number of carbonyl (C=O) groups excluding carboxylic acids is 1. The highest BCUT2D eigenvalue weighted by Crippen LogP contribution is 2.12. The van der Waals surface area contributed by atoms with Crippen LogP contribution in [-0.4, -0.2) is 47.9 Å². The van der Waals surface area contributed by atoms with Crippen molar-refractivity contribution in [3.05, 3.63) is 23.9 Å². The third kappa shape index (κ3) is 2.82. The second kappa shape index (κ2) is 5.56. The molecule has 1 aliphatic heterocycles. The molecule has 0 aromatic carbocycles. The summed E-state index contributed by atoms with van der Waals surface area (Å²) < 4.78 is 10.3. The molecule has 18 heavy (non-hydrogen) atoms. The SMILES string of the molecule is O=C(O)c1cccnc1NC(=O)C1COCCO1. The monoisotopic (exact) mass is 252 g/mol. The van der Waals surface area contributed by atoms with E-state index >= 15 is 0 Å². The molecule has 1 aromatic rings. The molecule has 2 N–H and O–H groups in total. The average molecular weight is 252 g/mol. The number of ether oxygens (including phenoxy) is 2. The Labute approximate surface area is 103 Å². The van der Waals surface area contributed by atoms with Crippen molar-refractivity contribution in [1.82, 2.24) is 4.98 Å². The topological polar surface area (TPSA) is 97.8 Å². The highest BCUT2D eigenvalue weighted by molar-refractivity contribution is 6.00.